The fraction of sp³-hybridized carbons (Fsp3) is 0.435. The second-order valence-corrected chi connectivity index (χ2v) is 9.77. The number of nitrogens with two attached hydrogens (primary N) is 1. The summed E-state index contributed by atoms with van der Waals surface area (Å²) in [5, 5.41) is 3.07. The van der Waals surface area contributed by atoms with Gasteiger partial charge < -0.3 is 16.0 Å². The summed E-state index contributed by atoms with van der Waals surface area (Å²) in [6.07, 6.45) is 3.29. The molecule has 34 heavy (non-hydrogen) atoms. The highest BCUT2D eigenvalue weighted by atomic mass is 32.2. The molecule has 3 aromatic rings. The summed E-state index contributed by atoms with van der Waals surface area (Å²) in [5.41, 5.74) is 5.10. The van der Waals surface area contributed by atoms with Crippen LogP contribution in [0.25, 0.3) is 11.2 Å². The van der Waals surface area contributed by atoms with Gasteiger partial charge in [-0.15, -0.1) is 5.92 Å². The first-order valence-electron chi connectivity index (χ1n) is 11.1. The maximum atomic E-state index is 13.8. The van der Waals surface area contributed by atoms with Crippen molar-refractivity contribution < 1.29 is 4.21 Å². The van der Waals surface area contributed by atoms with Crippen molar-refractivity contribution in [2.24, 2.45) is 12.8 Å². The van der Waals surface area contributed by atoms with E-state index >= 15 is 0 Å². The zero-order valence-electron chi connectivity index (χ0n) is 19.5. The van der Waals surface area contributed by atoms with Crippen LogP contribution >= 0.6 is 0 Å². The molecular weight excluding hydrogens is 454 g/mol. The quantitative estimate of drug-likeness (QED) is 0.498. The first-order chi connectivity index (χ1) is 16.3. The van der Waals surface area contributed by atoms with E-state index < -0.39 is 27.5 Å². The van der Waals surface area contributed by atoms with Crippen molar-refractivity contribution in [3.8, 4) is 11.8 Å². The Bertz CT molecular complexity index is 1400. The number of hydrogen-bond acceptors (Lipinski definition) is 7. The third kappa shape index (κ3) is 4.38. The molecule has 0 radical (unpaired) electrons. The zero-order valence-corrected chi connectivity index (χ0v) is 20.3. The molecule has 180 valence electrons. The molecule has 3 unspecified atom stereocenters. The molecule has 3 heterocycles. The first kappa shape index (κ1) is 23.8. The lowest BCUT2D eigenvalue weighted by molar-refractivity contribution is 0.496. The van der Waals surface area contributed by atoms with Gasteiger partial charge in [0.1, 0.15) is 0 Å². The van der Waals surface area contributed by atoms with Gasteiger partial charge in [-0.3, -0.25) is 18.1 Å². The minimum Gasteiger partial charge on any atom is -0.354 e. The minimum absolute atomic E-state index is 0.00159. The number of aryl methyl sites for hydroxylation is 1. The third-order valence-corrected chi connectivity index (χ3v) is 6.89. The van der Waals surface area contributed by atoms with E-state index in [1.807, 2.05) is 23.1 Å². The number of benzene rings is 1. The van der Waals surface area contributed by atoms with Crippen molar-refractivity contribution >= 4 is 33.6 Å². The molecular formula is C23H29N7O3S. The van der Waals surface area contributed by atoms with Gasteiger partial charge in [-0.25, -0.2) is 9.36 Å². The lowest BCUT2D eigenvalue weighted by atomic mass is 10.1. The molecule has 4 rings (SSSR count). The van der Waals surface area contributed by atoms with Crippen LogP contribution in [-0.2, 0) is 24.4 Å². The number of nitrogens with one attached hydrogen (secondary N) is 1. The molecule has 1 aromatic carbocycles. The van der Waals surface area contributed by atoms with Crippen LogP contribution in [0.2, 0.25) is 0 Å². The van der Waals surface area contributed by atoms with Crippen molar-refractivity contribution in [2.45, 2.75) is 37.8 Å². The van der Waals surface area contributed by atoms with Crippen LogP contribution in [0.5, 0.6) is 0 Å². The molecule has 10 nitrogen and oxygen atoms in total. The van der Waals surface area contributed by atoms with E-state index in [1.165, 1.54) is 10.8 Å². The number of piperidine rings is 1. The fourth-order valence-corrected chi connectivity index (χ4v) is 5.03. The Morgan fingerprint density at radius 3 is 2.68 bits per heavy atom. The third-order valence-electron chi connectivity index (χ3n) is 5.93. The Hall–Kier alpha value is -3.36. The summed E-state index contributed by atoms with van der Waals surface area (Å²) >= 11 is 0. The maximum absolute atomic E-state index is 13.8. The largest absolute Gasteiger partial charge is 0.354 e. The molecule has 0 amide bonds. The number of anilines is 2. The smallest absolute Gasteiger partial charge is 0.334 e. The molecule has 11 heteroatoms. The lowest BCUT2D eigenvalue weighted by Gasteiger charge is -2.31. The van der Waals surface area contributed by atoms with Crippen LogP contribution in [0, 0.1) is 11.8 Å². The molecule has 1 fully saturated rings. The first-order valence-corrected chi connectivity index (χ1v) is 12.7. The fourth-order valence-electron chi connectivity index (χ4n) is 4.25. The number of aromatic nitrogens is 4. The Kier molecular flexibility index (Phi) is 6.90. The van der Waals surface area contributed by atoms with Gasteiger partial charge in [0.05, 0.1) is 17.3 Å². The summed E-state index contributed by atoms with van der Waals surface area (Å²) in [7, 11) is -0.0240. The van der Waals surface area contributed by atoms with Crippen molar-refractivity contribution in [2.75, 3.05) is 29.6 Å². The average molecular weight is 484 g/mol. The summed E-state index contributed by atoms with van der Waals surface area (Å²) in [6.45, 7) is 3.30. The SMILES string of the molecule is CC#CCn1c(N2CCCC(N)C2)nc2c1c(=O)n(C(Nc1ccccc1)S(C)=O)c(=O)n2C. The molecule has 0 aliphatic carbocycles. The van der Waals surface area contributed by atoms with Crippen molar-refractivity contribution in [3.63, 3.8) is 0 Å². The minimum atomic E-state index is -1.59. The second kappa shape index (κ2) is 9.87. The molecule has 1 saturated heterocycles. The van der Waals surface area contributed by atoms with Gasteiger partial charge in [-0.1, -0.05) is 24.1 Å². The monoisotopic (exact) mass is 483 g/mol. The van der Waals surface area contributed by atoms with Gasteiger partial charge in [-0.2, -0.15) is 4.98 Å². The zero-order chi connectivity index (χ0) is 24.4. The number of fused-ring (bicyclic) bond motifs is 1. The van der Waals surface area contributed by atoms with E-state index in [2.05, 4.69) is 17.2 Å². The predicted molar refractivity (Wildman–Crippen MR) is 135 cm³/mol. The molecule has 3 atom stereocenters. The average Bonchev–Trinajstić information content (AvgIpc) is 3.21. The number of nitrogens with zero attached hydrogens (tertiary/aromatic N) is 5. The normalized spacial score (nSPS) is 17.8. The Labute approximate surface area is 199 Å². The van der Waals surface area contributed by atoms with Crippen molar-refractivity contribution in [1.82, 2.24) is 18.7 Å². The lowest BCUT2D eigenvalue weighted by Crippen LogP contribution is -2.45. The van der Waals surface area contributed by atoms with Gasteiger partial charge in [0.15, 0.2) is 16.7 Å². The highest BCUT2D eigenvalue weighted by Crippen LogP contribution is 2.23. The summed E-state index contributed by atoms with van der Waals surface area (Å²) < 4.78 is 16.8. The Morgan fingerprint density at radius 1 is 1.29 bits per heavy atom. The van der Waals surface area contributed by atoms with Crippen molar-refractivity contribution in [1.29, 1.82) is 0 Å². The van der Waals surface area contributed by atoms with Gasteiger partial charge >= 0.3 is 5.69 Å². The molecule has 1 aliphatic heterocycles. The van der Waals surface area contributed by atoms with E-state index in [9.17, 15) is 13.8 Å². The number of hydrogen-bond donors (Lipinski definition) is 2. The van der Waals surface area contributed by atoms with Gasteiger partial charge in [0.25, 0.3) is 5.56 Å². The van der Waals surface area contributed by atoms with E-state index in [4.69, 9.17) is 10.7 Å². The van der Waals surface area contributed by atoms with E-state index in [0.717, 1.165) is 24.0 Å². The van der Waals surface area contributed by atoms with E-state index in [1.54, 1.807) is 30.7 Å². The van der Waals surface area contributed by atoms with Crippen LogP contribution in [0.15, 0.2) is 39.9 Å². The van der Waals surface area contributed by atoms with Crippen LogP contribution < -0.4 is 27.2 Å². The van der Waals surface area contributed by atoms with Crippen LogP contribution in [0.1, 0.15) is 25.3 Å². The standard InChI is InChI=1S/C23H29N7O3S/c1-4-5-14-29-18-19(26-21(29)28-13-9-10-16(24)15-28)27(2)23(32)30(20(18)31)22(34(3)33)25-17-11-7-6-8-12-17/h6-8,11-12,16,22,25H,9-10,13-15,24H2,1-3H3. The van der Waals surface area contributed by atoms with E-state index in [-0.39, 0.29) is 23.8 Å². The van der Waals surface area contributed by atoms with Crippen LogP contribution in [-0.4, -0.2) is 48.3 Å². The molecule has 0 spiro atoms. The Balaban J connectivity index is 1.95. The molecule has 1 aliphatic rings. The van der Waals surface area contributed by atoms with Crippen LogP contribution in [0.4, 0.5) is 11.6 Å². The molecule has 3 N–H and O–H groups in total. The molecule has 2 aromatic heterocycles. The number of para-hydroxylation sites is 1. The van der Waals surface area contributed by atoms with Gasteiger partial charge in [0.2, 0.25) is 5.95 Å². The summed E-state index contributed by atoms with van der Waals surface area (Å²) in [5.74, 6) is 6.43. The highest BCUT2D eigenvalue weighted by molar-refractivity contribution is 7.84. The topological polar surface area (TPSA) is 120 Å². The van der Waals surface area contributed by atoms with Gasteiger partial charge in [-0.05, 0) is 31.9 Å². The molecule has 0 bridgehead atoms. The number of imidazole rings is 1. The summed E-state index contributed by atoms with van der Waals surface area (Å²) in [4.78, 5) is 33.9. The highest BCUT2D eigenvalue weighted by Gasteiger charge is 2.29. The molecule has 0 saturated carbocycles. The van der Waals surface area contributed by atoms with E-state index in [0.29, 0.717) is 18.2 Å². The summed E-state index contributed by atoms with van der Waals surface area (Å²) in [6, 6.07) is 9.05. The van der Waals surface area contributed by atoms with Crippen LogP contribution in [0.3, 0.4) is 0 Å². The Morgan fingerprint density at radius 2 is 2.03 bits per heavy atom. The number of rotatable bonds is 6. The van der Waals surface area contributed by atoms with Crippen molar-refractivity contribution in [3.05, 3.63) is 51.2 Å². The second-order valence-electron chi connectivity index (χ2n) is 8.32. The predicted octanol–water partition coefficient (Wildman–Crippen LogP) is 0.794. The van der Waals surface area contributed by atoms with Gasteiger partial charge in [0, 0.05) is 38.1 Å². The maximum Gasteiger partial charge on any atom is 0.334 e.